The van der Waals surface area contributed by atoms with Crippen LogP contribution >= 0.6 is 15.9 Å². The molecule has 0 saturated carbocycles. The molecule has 0 unspecified atom stereocenters. The van der Waals surface area contributed by atoms with Gasteiger partial charge in [-0.05, 0) is 36.2 Å². The molecule has 0 bridgehead atoms. The molecule has 0 aromatic heterocycles. The minimum Gasteiger partial charge on any atom is -0.274 e. The summed E-state index contributed by atoms with van der Waals surface area (Å²) < 4.78 is 0.924. The summed E-state index contributed by atoms with van der Waals surface area (Å²) in [7, 11) is 0. The molecule has 3 aliphatic heterocycles. The fraction of sp³-hybridized carbons (Fsp3) is 0.300. The van der Waals surface area contributed by atoms with Crippen LogP contribution in [0.4, 0.5) is 5.69 Å². The normalized spacial score (nSPS) is 28.7. The zero-order valence-electron chi connectivity index (χ0n) is 14.1. The molecule has 2 amide bonds. The van der Waals surface area contributed by atoms with Crippen LogP contribution < -0.4 is 4.90 Å². The average Bonchev–Trinajstić information content (AvgIpc) is 3.29. The highest BCUT2D eigenvalue weighted by molar-refractivity contribution is 9.10. The van der Waals surface area contributed by atoms with Gasteiger partial charge in [-0.2, -0.15) is 0 Å². The first kappa shape index (κ1) is 16.2. The third kappa shape index (κ3) is 2.22. The number of fused-ring (bicyclic) bond motifs is 3. The Morgan fingerprint density at radius 1 is 0.808 bits per heavy atom. The summed E-state index contributed by atoms with van der Waals surface area (Å²) in [5.41, 5.74) is 1.75. The first-order valence-electron chi connectivity index (χ1n) is 8.88. The molecule has 5 nitrogen and oxygen atoms in total. The molecule has 6 heteroatoms. The monoisotopic (exact) mass is 411 g/mol. The molecule has 0 N–H and O–H groups in total. The molecule has 2 aromatic rings. The fourth-order valence-corrected chi connectivity index (χ4v) is 4.87. The van der Waals surface area contributed by atoms with Crippen LogP contribution in [0.1, 0.15) is 18.0 Å². The van der Waals surface area contributed by atoms with E-state index in [0.29, 0.717) is 5.69 Å². The number of carbonyl (C=O) groups excluding carboxylic acids is 2. The van der Waals surface area contributed by atoms with E-state index in [1.165, 1.54) is 4.90 Å². The maximum atomic E-state index is 13.3. The van der Waals surface area contributed by atoms with Crippen molar-refractivity contribution in [2.24, 2.45) is 5.92 Å². The Bertz CT molecular complexity index is 870. The van der Waals surface area contributed by atoms with Crippen molar-refractivity contribution in [3.8, 4) is 0 Å². The number of anilines is 1. The molecule has 3 aliphatic rings. The van der Waals surface area contributed by atoms with Crippen molar-refractivity contribution in [3.63, 3.8) is 0 Å². The van der Waals surface area contributed by atoms with Gasteiger partial charge in [0.05, 0.1) is 17.6 Å². The predicted molar refractivity (Wildman–Crippen MR) is 101 cm³/mol. The van der Waals surface area contributed by atoms with Gasteiger partial charge < -0.3 is 0 Å². The van der Waals surface area contributed by atoms with Gasteiger partial charge in [-0.15, -0.1) is 0 Å². The van der Waals surface area contributed by atoms with Crippen LogP contribution in [0.5, 0.6) is 0 Å². The molecule has 3 atom stereocenters. The van der Waals surface area contributed by atoms with E-state index in [4.69, 9.17) is 0 Å². The Kier molecular flexibility index (Phi) is 3.74. The quantitative estimate of drug-likeness (QED) is 0.712. The van der Waals surface area contributed by atoms with E-state index in [-0.39, 0.29) is 29.8 Å². The minimum absolute atomic E-state index is 0.0689. The van der Waals surface area contributed by atoms with Gasteiger partial charge in [0.2, 0.25) is 5.91 Å². The van der Waals surface area contributed by atoms with Crippen LogP contribution in [0.15, 0.2) is 59.1 Å². The number of hydrogen-bond acceptors (Lipinski definition) is 4. The lowest BCUT2D eigenvalue weighted by atomic mass is 9.90. The number of carbonyl (C=O) groups is 2. The van der Waals surface area contributed by atoms with E-state index in [2.05, 4.69) is 38.1 Å². The highest BCUT2D eigenvalue weighted by atomic mass is 79.9. The van der Waals surface area contributed by atoms with Crippen LogP contribution in [0.25, 0.3) is 0 Å². The van der Waals surface area contributed by atoms with E-state index >= 15 is 0 Å². The van der Waals surface area contributed by atoms with Crippen LogP contribution in [0.3, 0.4) is 0 Å². The summed E-state index contributed by atoms with van der Waals surface area (Å²) in [5, 5.41) is 4.36. The summed E-state index contributed by atoms with van der Waals surface area (Å²) in [6, 6.07) is 17.0. The first-order valence-corrected chi connectivity index (χ1v) is 9.67. The summed E-state index contributed by atoms with van der Waals surface area (Å²) in [4.78, 5) is 27.9. The molecule has 5 rings (SSSR count). The Balaban J connectivity index is 1.58. The SMILES string of the molecule is O=C1[C@@H]2[C@@H](C(=O)N1c1ccc(Br)cc1)N1CCCN1[C@H]2c1ccccc1. The van der Waals surface area contributed by atoms with Gasteiger partial charge in [-0.3, -0.25) is 9.59 Å². The minimum atomic E-state index is -0.390. The summed E-state index contributed by atoms with van der Waals surface area (Å²) >= 11 is 3.41. The van der Waals surface area contributed by atoms with Gasteiger partial charge in [0.25, 0.3) is 5.91 Å². The molecule has 3 fully saturated rings. The van der Waals surface area contributed by atoms with Crippen molar-refractivity contribution in [1.29, 1.82) is 0 Å². The van der Waals surface area contributed by atoms with Crippen molar-refractivity contribution < 1.29 is 9.59 Å². The van der Waals surface area contributed by atoms with Gasteiger partial charge >= 0.3 is 0 Å². The summed E-state index contributed by atoms with van der Waals surface area (Å²) in [6.45, 7) is 1.73. The maximum absolute atomic E-state index is 13.3. The second kappa shape index (κ2) is 6.01. The smallest absolute Gasteiger partial charge is 0.253 e. The Hall–Kier alpha value is -2.02. The molecule has 2 aromatic carbocycles. The van der Waals surface area contributed by atoms with Gasteiger partial charge in [0, 0.05) is 17.6 Å². The van der Waals surface area contributed by atoms with Crippen molar-refractivity contribution in [1.82, 2.24) is 10.0 Å². The number of nitrogens with zero attached hydrogens (tertiary/aromatic N) is 3. The first-order chi connectivity index (χ1) is 12.7. The number of imide groups is 1. The van der Waals surface area contributed by atoms with Crippen LogP contribution in [0.2, 0.25) is 0 Å². The summed E-state index contributed by atoms with van der Waals surface area (Å²) in [5.74, 6) is -0.549. The van der Waals surface area contributed by atoms with Gasteiger partial charge in [-0.1, -0.05) is 46.3 Å². The van der Waals surface area contributed by atoms with E-state index in [1.54, 1.807) is 0 Å². The highest BCUT2D eigenvalue weighted by Crippen LogP contribution is 2.48. The Morgan fingerprint density at radius 3 is 2.15 bits per heavy atom. The third-order valence-electron chi connectivity index (χ3n) is 5.63. The Labute approximate surface area is 160 Å². The number of rotatable bonds is 2. The van der Waals surface area contributed by atoms with Crippen molar-refractivity contribution >= 4 is 33.4 Å². The fourth-order valence-electron chi connectivity index (χ4n) is 4.61. The molecule has 0 aliphatic carbocycles. The maximum Gasteiger partial charge on any atom is 0.253 e. The Morgan fingerprint density at radius 2 is 1.46 bits per heavy atom. The standard InChI is InChI=1S/C20H18BrN3O2/c21-14-7-9-15(10-8-14)24-19(25)16-17(13-5-2-1-3-6-13)22-11-4-12-23(22)18(16)20(24)26/h1-3,5-10,16-18H,4,11-12H2/t16-,17-,18-/m0/s1. The van der Waals surface area contributed by atoms with Crippen LogP contribution in [-0.2, 0) is 9.59 Å². The van der Waals surface area contributed by atoms with Crippen molar-refractivity contribution in [2.75, 3.05) is 18.0 Å². The molecule has 3 saturated heterocycles. The second-order valence-electron chi connectivity index (χ2n) is 6.99. The number of hydrazine groups is 1. The second-order valence-corrected chi connectivity index (χ2v) is 7.91. The highest BCUT2D eigenvalue weighted by Gasteiger charge is 2.62. The molecular formula is C20H18BrN3O2. The van der Waals surface area contributed by atoms with Crippen LogP contribution in [-0.4, -0.2) is 41.0 Å². The zero-order chi connectivity index (χ0) is 17.8. The van der Waals surface area contributed by atoms with Crippen molar-refractivity contribution in [2.45, 2.75) is 18.5 Å². The van der Waals surface area contributed by atoms with Gasteiger partial charge in [-0.25, -0.2) is 14.9 Å². The molecular weight excluding hydrogens is 394 g/mol. The molecule has 0 spiro atoms. The lowest BCUT2D eigenvalue weighted by molar-refractivity contribution is -0.126. The molecule has 0 radical (unpaired) electrons. The van der Waals surface area contributed by atoms with Crippen molar-refractivity contribution in [3.05, 3.63) is 64.6 Å². The molecule has 3 heterocycles. The largest absolute Gasteiger partial charge is 0.274 e. The van der Waals surface area contributed by atoms with Gasteiger partial charge in [0.15, 0.2) is 0 Å². The number of benzene rings is 2. The summed E-state index contributed by atoms with van der Waals surface area (Å²) in [6.07, 6.45) is 1.02. The van der Waals surface area contributed by atoms with E-state index in [9.17, 15) is 9.59 Å². The number of amides is 2. The topological polar surface area (TPSA) is 43.9 Å². The van der Waals surface area contributed by atoms with Gasteiger partial charge in [0.1, 0.15) is 6.04 Å². The van der Waals surface area contributed by atoms with Crippen LogP contribution in [0, 0.1) is 5.92 Å². The number of hydrogen-bond donors (Lipinski definition) is 0. The average molecular weight is 412 g/mol. The van der Waals surface area contributed by atoms with E-state index < -0.39 is 0 Å². The molecule has 26 heavy (non-hydrogen) atoms. The third-order valence-corrected chi connectivity index (χ3v) is 6.16. The lowest BCUT2D eigenvalue weighted by Crippen LogP contribution is -2.44. The lowest BCUT2D eigenvalue weighted by Gasteiger charge is -2.29. The molecule has 132 valence electrons. The van der Waals surface area contributed by atoms with E-state index in [1.807, 2.05) is 42.5 Å². The number of halogens is 1. The zero-order valence-corrected chi connectivity index (χ0v) is 15.7. The van der Waals surface area contributed by atoms with E-state index in [0.717, 1.165) is 29.5 Å². The predicted octanol–water partition coefficient (Wildman–Crippen LogP) is 2.98.